The van der Waals surface area contributed by atoms with Gasteiger partial charge in [-0.15, -0.1) is 0 Å². The number of nitrogen functional groups attached to an aromatic ring is 1. The number of aliphatic hydroxyl groups is 1. The first-order valence-electron chi connectivity index (χ1n) is 7.31. The number of hydrogen-bond acceptors (Lipinski definition) is 6. The van der Waals surface area contributed by atoms with Crippen LogP contribution in [0.15, 0.2) is 0 Å². The second-order valence-corrected chi connectivity index (χ2v) is 6.96. The van der Waals surface area contributed by atoms with Gasteiger partial charge in [0.05, 0.1) is 6.10 Å². The molecule has 0 aliphatic heterocycles. The van der Waals surface area contributed by atoms with Crippen LogP contribution in [0.5, 0.6) is 0 Å². The largest absolute Gasteiger partial charge is 0.392 e. The second kappa shape index (κ2) is 5.81. The summed E-state index contributed by atoms with van der Waals surface area (Å²) in [5.41, 5.74) is 5.59. The summed E-state index contributed by atoms with van der Waals surface area (Å²) in [5, 5.41) is 13.5. The molecule has 0 spiro atoms. The maximum Gasteiger partial charge on any atom is 0.265 e. The first-order chi connectivity index (χ1) is 9.81. The number of nitrogens with one attached hydrogen (secondary N) is 1. The Morgan fingerprint density at radius 2 is 2.14 bits per heavy atom. The van der Waals surface area contributed by atoms with Crippen molar-refractivity contribution in [2.45, 2.75) is 46.3 Å². The molecule has 2 rings (SSSR count). The summed E-state index contributed by atoms with van der Waals surface area (Å²) in [6.45, 7) is 9.63. The van der Waals surface area contributed by atoms with Gasteiger partial charge in [-0.3, -0.25) is 4.79 Å². The number of aliphatic hydroxyl groups excluding tert-OH is 1. The standard InChI is InChI=1S/C14H24N4O2S/c1-5-18(6-2)13-17-11(15)10(21-13)12(20)16-8-7-9(19)14(8,3)4/h8-9,19H,5-7,15H2,1-4H3,(H,16,20). The van der Waals surface area contributed by atoms with Gasteiger partial charge in [-0.05, 0) is 20.3 Å². The predicted molar refractivity (Wildman–Crippen MR) is 85.7 cm³/mol. The van der Waals surface area contributed by atoms with E-state index in [0.29, 0.717) is 11.3 Å². The number of anilines is 2. The maximum absolute atomic E-state index is 12.4. The summed E-state index contributed by atoms with van der Waals surface area (Å²) in [6.07, 6.45) is 0.216. The van der Waals surface area contributed by atoms with Gasteiger partial charge in [-0.2, -0.15) is 0 Å². The van der Waals surface area contributed by atoms with E-state index in [9.17, 15) is 9.90 Å². The molecule has 1 fully saturated rings. The highest BCUT2D eigenvalue weighted by Gasteiger charge is 2.48. The van der Waals surface area contributed by atoms with Crippen molar-refractivity contribution in [1.82, 2.24) is 10.3 Å². The lowest BCUT2D eigenvalue weighted by molar-refractivity contribution is -0.0689. The Morgan fingerprint density at radius 1 is 1.52 bits per heavy atom. The van der Waals surface area contributed by atoms with Crippen molar-refractivity contribution in [3.05, 3.63) is 4.88 Å². The van der Waals surface area contributed by atoms with Crippen molar-refractivity contribution in [2.24, 2.45) is 5.41 Å². The van der Waals surface area contributed by atoms with E-state index in [2.05, 4.69) is 15.2 Å². The molecular formula is C14H24N4O2S. The van der Waals surface area contributed by atoms with Gasteiger partial charge in [0.1, 0.15) is 10.7 Å². The van der Waals surface area contributed by atoms with Crippen molar-refractivity contribution in [1.29, 1.82) is 0 Å². The average Bonchev–Trinajstić information content (AvgIpc) is 2.82. The minimum Gasteiger partial charge on any atom is -0.392 e. The second-order valence-electron chi connectivity index (χ2n) is 5.98. The van der Waals surface area contributed by atoms with Gasteiger partial charge in [-0.25, -0.2) is 4.98 Å². The van der Waals surface area contributed by atoms with Crippen molar-refractivity contribution in [3.8, 4) is 0 Å². The summed E-state index contributed by atoms with van der Waals surface area (Å²) >= 11 is 1.32. The number of hydrogen-bond donors (Lipinski definition) is 3. The smallest absolute Gasteiger partial charge is 0.265 e. The van der Waals surface area contributed by atoms with Crippen molar-refractivity contribution >= 4 is 28.2 Å². The van der Waals surface area contributed by atoms with Gasteiger partial charge in [0.25, 0.3) is 5.91 Å². The van der Waals surface area contributed by atoms with Crippen LogP contribution in [-0.2, 0) is 0 Å². The third-order valence-electron chi connectivity index (χ3n) is 4.40. The lowest BCUT2D eigenvalue weighted by Crippen LogP contribution is -2.61. The van der Waals surface area contributed by atoms with E-state index in [1.54, 1.807) is 0 Å². The molecule has 21 heavy (non-hydrogen) atoms. The van der Waals surface area contributed by atoms with E-state index in [1.807, 2.05) is 27.7 Å². The molecule has 2 unspecified atom stereocenters. The van der Waals surface area contributed by atoms with Crippen LogP contribution in [0.4, 0.5) is 10.9 Å². The van der Waals surface area contributed by atoms with Crippen LogP contribution in [0.2, 0.25) is 0 Å². The molecule has 1 aromatic heterocycles. The van der Waals surface area contributed by atoms with E-state index in [4.69, 9.17) is 5.73 Å². The maximum atomic E-state index is 12.4. The third-order valence-corrected chi connectivity index (χ3v) is 5.53. The summed E-state index contributed by atoms with van der Waals surface area (Å²) in [5.74, 6) is 0.0745. The first-order valence-corrected chi connectivity index (χ1v) is 8.13. The molecule has 1 heterocycles. The Morgan fingerprint density at radius 3 is 2.62 bits per heavy atom. The van der Waals surface area contributed by atoms with Crippen molar-refractivity contribution < 1.29 is 9.90 Å². The van der Waals surface area contributed by atoms with E-state index < -0.39 is 0 Å². The topological polar surface area (TPSA) is 91.5 Å². The fourth-order valence-corrected chi connectivity index (χ4v) is 3.50. The van der Waals surface area contributed by atoms with Crippen LogP contribution >= 0.6 is 11.3 Å². The Balaban J connectivity index is 2.10. The van der Waals surface area contributed by atoms with Crippen LogP contribution < -0.4 is 16.0 Å². The number of carbonyl (C=O) groups is 1. The van der Waals surface area contributed by atoms with Crippen molar-refractivity contribution in [2.75, 3.05) is 23.7 Å². The number of carbonyl (C=O) groups excluding carboxylic acids is 1. The summed E-state index contributed by atoms with van der Waals surface area (Å²) in [6, 6.07) is -0.0293. The summed E-state index contributed by atoms with van der Waals surface area (Å²) in [4.78, 5) is 19.2. The van der Waals surface area contributed by atoms with Crippen LogP contribution in [0.25, 0.3) is 0 Å². The predicted octanol–water partition coefficient (Wildman–Crippen LogP) is 1.46. The molecule has 0 aromatic carbocycles. The number of aromatic nitrogens is 1. The van der Waals surface area contributed by atoms with Crippen LogP contribution in [0.1, 0.15) is 43.8 Å². The highest BCUT2D eigenvalue weighted by atomic mass is 32.1. The van der Waals surface area contributed by atoms with Crippen LogP contribution in [-0.4, -0.2) is 41.2 Å². The highest BCUT2D eigenvalue weighted by Crippen LogP contribution is 2.40. The Labute approximate surface area is 129 Å². The molecule has 2 atom stereocenters. The van der Waals surface area contributed by atoms with E-state index in [1.165, 1.54) is 11.3 Å². The first kappa shape index (κ1) is 16.0. The van der Waals surface area contributed by atoms with Gasteiger partial charge in [0.2, 0.25) is 0 Å². The SMILES string of the molecule is CCN(CC)c1nc(N)c(C(=O)NC2CC(O)C2(C)C)s1. The van der Waals surface area contributed by atoms with Gasteiger partial charge in [-0.1, -0.05) is 25.2 Å². The number of nitrogens with two attached hydrogens (primary N) is 1. The molecule has 1 aromatic rings. The number of rotatable bonds is 5. The third kappa shape index (κ3) is 2.85. The van der Waals surface area contributed by atoms with E-state index in [0.717, 1.165) is 18.2 Å². The molecule has 0 bridgehead atoms. The minimum absolute atomic E-state index is 0.0293. The van der Waals surface area contributed by atoms with E-state index >= 15 is 0 Å². The van der Waals surface area contributed by atoms with Gasteiger partial charge in [0.15, 0.2) is 5.13 Å². The molecule has 1 aliphatic rings. The fraction of sp³-hybridized carbons (Fsp3) is 0.714. The molecule has 1 aliphatic carbocycles. The van der Waals surface area contributed by atoms with Gasteiger partial charge >= 0.3 is 0 Å². The summed E-state index contributed by atoms with van der Waals surface area (Å²) in [7, 11) is 0. The van der Waals surface area contributed by atoms with Crippen molar-refractivity contribution in [3.63, 3.8) is 0 Å². The molecule has 0 saturated heterocycles. The van der Waals surface area contributed by atoms with E-state index in [-0.39, 0.29) is 29.3 Å². The fourth-order valence-electron chi connectivity index (χ4n) is 2.48. The van der Waals surface area contributed by atoms with Gasteiger partial charge < -0.3 is 21.1 Å². The molecule has 118 valence electrons. The molecular weight excluding hydrogens is 288 g/mol. The van der Waals surface area contributed by atoms with Gasteiger partial charge in [0, 0.05) is 24.5 Å². The normalized spacial score (nSPS) is 23.5. The molecule has 6 nitrogen and oxygen atoms in total. The zero-order valence-electron chi connectivity index (χ0n) is 13.0. The zero-order chi connectivity index (χ0) is 15.8. The quantitative estimate of drug-likeness (QED) is 0.765. The van der Waals surface area contributed by atoms with Crippen LogP contribution in [0, 0.1) is 5.41 Å². The lowest BCUT2D eigenvalue weighted by Gasteiger charge is -2.49. The average molecular weight is 312 g/mol. The molecule has 0 radical (unpaired) electrons. The number of amides is 1. The monoisotopic (exact) mass is 312 g/mol. The molecule has 1 amide bonds. The Kier molecular flexibility index (Phi) is 4.43. The number of thiazole rings is 1. The minimum atomic E-state index is -0.368. The number of nitrogens with zero attached hydrogens (tertiary/aromatic N) is 2. The van der Waals surface area contributed by atoms with Crippen LogP contribution in [0.3, 0.4) is 0 Å². The highest BCUT2D eigenvalue weighted by molar-refractivity contribution is 7.18. The Bertz CT molecular complexity index is 525. The Hall–Kier alpha value is -1.34. The summed E-state index contributed by atoms with van der Waals surface area (Å²) < 4.78 is 0. The zero-order valence-corrected chi connectivity index (χ0v) is 13.8. The molecule has 7 heteroatoms. The lowest BCUT2D eigenvalue weighted by atomic mass is 9.64. The molecule has 1 saturated carbocycles. The molecule has 4 N–H and O–H groups in total.